The Balaban J connectivity index is 2.90. The summed E-state index contributed by atoms with van der Waals surface area (Å²) in [5, 5.41) is 3.45. The van der Waals surface area contributed by atoms with Crippen molar-refractivity contribution in [1.82, 2.24) is 5.32 Å². The van der Waals surface area contributed by atoms with E-state index in [1.54, 1.807) is 7.11 Å². The zero-order valence-electron chi connectivity index (χ0n) is 12.9. The molecule has 1 rings (SSSR count). The standard InChI is InChI=1S/C16H25NO3/c1-5-10-17-16(2,12-15(18)20-4)11-13-8-6-7-9-14(13)19-3/h6-9,17H,5,10-12H2,1-4H3. The number of carbonyl (C=O) groups is 1. The summed E-state index contributed by atoms with van der Waals surface area (Å²) in [7, 11) is 3.08. The zero-order valence-corrected chi connectivity index (χ0v) is 12.9. The molecular weight excluding hydrogens is 254 g/mol. The molecule has 0 saturated heterocycles. The minimum atomic E-state index is -0.336. The van der Waals surface area contributed by atoms with Gasteiger partial charge in [0.2, 0.25) is 0 Å². The molecule has 1 unspecified atom stereocenters. The van der Waals surface area contributed by atoms with E-state index < -0.39 is 0 Å². The lowest BCUT2D eigenvalue weighted by atomic mass is 9.89. The van der Waals surface area contributed by atoms with Gasteiger partial charge in [0.15, 0.2) is 0 Å². The van der Waals surface area contributed by atoms with Gasteiger partial charge >= 0.3 is 5.97 Å². The molecule has 0 saturated carbocycles. The first-order valence-corrected chi connectivity index (χ1v) is 6.98. The summed E-state index contributed by atoms with van der Waals surface area (Å²) >= 11 is 0. The van der Waals surface area contributed by atoms with Crippen LogP contribution in [0.3, 0.4) is 0 Å². The molecular formula is C16H25NO3. The van der Waals surface area contributed by atoms with Gasteiger partial charge in [-0.2, -0.15) is 0 Å². The zero-order chi connectivity index (χ0) is 15.0. The van der Waals surface area contributed by atoms with Crippen LogP contribution >= 0.6 is 0 Å². The van der Waals surface area contributed by atoms with Gasteiger partial charge in [0.1, 0.15) is 5.75 Å². The predicted octanol–water partition coefficient (Wildman–Crippen LogP) is 2.56. The van der Waals surface area contributed by atoms with Crippen molar-refractivity contribution in [3.63, 3.8) is 0 Å². The third-order valence-electron chi connectivity index (χ3n) is 3.34. The van der Waals surface area contributed by atoms with Crippen molar-refractivity contribution in [3.8, 4) is 5.75 Å². The van der Waals surface area contributed by atoms with Crippen LogP contribution in [0.15, 0.2) is 24.3 Å². The third kappa shape index (κ3) is 4.85. The molecule has 1 atom stereocenters. The Hall–Kier alpha value is -1.55. The maximum absolute atomic E-state index is 11.6. The Labute approximate surface area is 121 Å². The van der Waals surface area contributed by atoms with Gasteiger partial charge in [-0.1, -0.05) is 25.1 Å². The molecule has 1 N–H and O–H groups in total. The molecule has 0 bridgehead atoms. The molecule has 0 radical (unpaired) electrons. The van der Waals surface area contributed by atoms with Crippen LogP contribution < -0.4 is 10.1 Å². The number of benzene rings is 1. The number of hydrogen-bond acceptors (Lipinski definition) is 4. The summed E-state index contributed by atoms with van der Waals surface area (Å²) in [6, 6.07) is 7.89. The molecule has 0 aliphatic heterocycles. The Bertz CT molecular complexity index is 433. The number of carbonyl (C=O) groups excluding carboxylic acids is 1. The maximum atomic E-state index is 11.6. The number of esters is 1. The number of para-hydroxylation sites is 1. The highest BCUT2D eigenvalue weighted by atomic mass is 16.5. The number of methoxy groups -OCH3 is 2. The van der Waals surface area contributed by atoms with E-state index in [4.69, 9.17) is 9.47 Å². The van der Waals surface area contributed by atoms with Crippen LogP contribution in [0.2, 0.25) is 0 Å². The van der Waals surface area contributed by atoms with E-state index in [0.29, 0.717) is 12.8 Å². The summed E-state index contributed by atoms with van der Waals surface area (Å²) in [5.41, 5.74) is 0.752. The fourth-order valence-corrected chi connectivity index (χ4v) is 2.27. The normalized spacial score (nSPS) is 13.6. The monoisotopic (exact) mass is 279 g/mol. The fourth-order valence-electron chi connectivity index (χ4n) is 2.27. The maximum Gasteiger partial charge on any atom is 0.307 e. The molecule has 112 valence electrons. The van der Waals surface area contributed by atoms with Gasteiger partial charge in [0.05, 0.1) is 20.6 Å². The highest BCUT2D eigenvalue weighted by Crippen LogP contribution is 2.25. The molecule has 1 aromatic rings. The summed E-state index contributed by atoms with van der Waals surface area (Å²) in [6.45, 7) is 5.02. The van der Waals surface area contributed by atoms with Gasteiger partial charge in [-0.3, -0.25) is 4.79 Å². The largest absolute Gasteiger partial charge is 0.496 e. The third-order valence-corrected chi connectivity index (χ3v) is 3.34. The highest BCUT2D eigenvalue weighted by Gasteiger charge is 2.28. The average Bonchev–Trinajstić information content (AvgIpc) is 2.45. The smallest absolute Gasteiger partial charge is 0.307 e. The molecule has 0 heterocycles. The van der Waals surface area contributed by atoms with Crippen molar-refractivity contribution < 1.29 is 14.3 Å². The lowest BCUT2D eigenvalue weighted by molar-refractivity contribution is -0.142. The van der Waals surface area contributed by atoms with Gasteiger partial charge in [0, 0.05) is 5.54 Å². The van der Waals surface area contributed by atoms with Gasteiger partial charge in [0.25, 0.3) is 0 Å². The molecule has 20 heavy (non-hydrogen) atoms. The van der Waals surface area contributed by atoms with Crippen LogP contribution in [-0.2, 0) is 16.0 Å². The topological polar surface area (TPSA) is 47.6 Å². The van der Waals surface area contributed by atoms with Crippen LogP contribution in [0.4, 0.5) is 0 Å². The second-order valence-corrected chi connectivity index (χ2v) is 5.23. The Morgan fingerprint density at radius 1 is 1.30 bits per heavy atom. The number of ether oxygens (including phenoxy) is 2. The lowest BCUT2D eigenvalue weighted by Gasteiger charge is -2.30. The van der Waals surface area contributed by atoms with Gasteiger partial charge < -0.3 is 14.8 Å². The Morgan fingerprint density at radius 2 is 2.00 bits per heavy atom. The molecule has 0 fully saturated rings. The lowest BCUT2D eigenvalue weighted by Crippen LogP contribution is -2.46. The Morgan fingerprint density at radius 3 is 2.60 bits per heavy atom. The molecule has 0 spiro atoms. The van der Waals surface area contributed by atoms with E-state index in [1.807, 2.05) is 31.2 Å². The van der Waals surface area contributed by atoms with Crippen molar-refractivity contribution in [1.29, 1.82) is 0 Å². The van der Waals surface area contributed by atoms with Crippen LogP contribution in [0.25, 0.3) is 0 Å². The van der Waals surface area contributed by atoms with E-state index in [-0.39, 0.29) is 11.5 Å². The summed E-state index contributed by atoms with van der Waals surface area (Å²) < 4.78 is 10.2. The highest BCUT2D eigenvalue weighted by molar-refractivity contribution is 5.70. The first-order valence-electron chi connectivity index (χ1n) is 6.98. The summed E-state index contributed by atoms with van der Waals surface area (Å²) in [5.74, 6) is 0.646. The molecule has 4 nitrogen and oxygen atoms in total. The fraction of sp³-hybridized carbons (Fsp3) is 0.562. The number of rotatable bonds is 8. The van der Waals surface area contributed by atoms with E-state index in [9.17, 15) is 4.79 Å². The predicted molar refractivity (Wildman–Crippen MR) is 80.0 cm³/mol. The van der Waals surface area contributed by atoms with E-state index >= 15 is 0 Å². The summed E-state index contributed by atoms with van der Waals surface area (Å²) in [4.78, 5) is 11.6. The van der Waals surface area contributed by atoms with Crippen LogP contribution in [-0.4, -0.2) is 32.3 Å². The number of nitrogens with one attached hydrogen (secondary N) is 1. The first-order chi connectivity index (χ1) is 9.54. The molecule has 0 amide bonds. The Kier molecular flexibility index (Phi) is 6.52. The van der Waals surface area contributed by atoms with Gasteiger partial charge in [-0.25, -0.2) is 0 Å². The van der Waals surface area contributed by atoms with Gasteiger partial charge in [-0.05, 0) is 37.9 Å². The first kappa shape index (κ1) is 16.5. The minimum absolute atomic E-state index is 0.203. The van der Waals surface area contributed by atoms with Crippen molar-refractivity contribution in [2.75, 3.05) is 20.8 Å². The van der Waals surface area contributed by atoms with Crippen molar-refractivity contribution in [3.05, 3.63) is 29.8 Å². The molecule has 1 aromatic carbocycles. The SMILES string of the molecule is CCCNC(C)(CC(=O)OC)Cc1ccccc1OC. The molecule has 0 aromatic heterocycles. The quantitative estimate of drug-likeness (QED) is 0.743. The molecule has 4 heteroatoms. The van der Waals surface area contributed by atoms with Crippen LogP contribution in [0, 0.1) is 0 Å². The van der Waals surface area contributed by atoms with Crippen LogP contribution in [0.1, 0.15) is 32.3 Å². The second-order valence-electron chi connectivity index (χ2n) is 5.23. The van der Waals surface area contributed by atoms with Crippen molar-refractivity contribution in [2.24, 2.45) is 0 Å². The van der Waals surface area contributed by atoms with Crippen molar-refractivity contribution in [2.45, 2.75) is 38.6 Å². The van der Waals surface area contributed by atoms with Crippen molar-refractivity contribution >= 4 is 5.97 Å². The average molecular weight is 279 g/mol. The van der Waals surface area contributed by atoms with Crippen LogP contribution in [0.5, 0.6) is 5.75 Å². The van der Waals surface area contributed by atoms with Gasteiger partial charge in [-0.15, -0.1) is 0 Å². The summed E-state index contributed by atoms with van der Waals surface area (Å²) in [6.07, 6.45) is 2.07. The molecule has 0 aliphatic rings. The van der Waals surface area contributed by atoms with E-state index in [2.05, 4.69) is 12.2 Å². The van der Waals surface area contributed by atoms with E-state index in [0.717, 1.165) is 24.3 Å². The second kappa shape index (κ2) is 7.90. The van der Waals surface area contributed by atoms with E-state index in [1.165, 1.54) is 7.11 Å². The molecule has 0 aliphatic carbocycles. The number of hydrogen-bond donors (Lipinski definition) is 1. The minimum Gasteiger partial charge on any atom is -0.496 e.